The van der Waals surface area contributed by atoms with Gasteiger partial charge in [-0.3, -0.25) is 14.5 Å². The van der Waals surface area contributed by atoms with Gasteiger partial charge in [-0.25, -0.2) is 0 Å². The lowest BCUT2D eigenvalue weighted by molar-refractivity contribution is -0.123. The van der Waals surface area contributed by atoms with Gasteiger partial charge in [0.2, 0.25) is 0 Å². The van der Waals surface area contributed by atoms with Gasteiger partial charge in [-0.05, 0) is 67.1 Å². The molecule has 0 aliphatic carbocycles. The Kier molecular flexibility index (Phi) is 7.28. The number of aryl methyl sites for hydroxylation is 1. The third-order valence-corrected chi connectivity index (χ3v) is 7.29. The SMILES string of the molecule is CCOc1cc(/C=C2\SC(=O)N(Cc3ccccc3)C2=O)ccc1OS(=O)(=O)c1ccc(C)cc1. The van der Waals surface area contributed by atoms with Gasteiger partial charge in [0.1, 0.15) is 4.90 Å². The molecule has 0 aromatic heterocycles. The summed E-state index contributed by atoms with van der Waals surface area (Å²) in [6.45, 7) is 4.09. The largest absolute Gasteiger partial charge is 0.490 e. The molecule has 0 radical (unpaired) electrons. The summed E-state index contributed by atoms with van der Waals surface area (Å²) < 4.78 is 36.4. The molecule has 4 rings (SSSR count). The summed E-state index contributed by atoms with van der Waals surface area (Å²) in [5.74, 6) is -0.147. The van der Waals surface area contributed by atoms with Crippen molar-refractivity contribution in [3.63, 3.8) is 0 Å². The van der Waals surface area contributed by atoms with Crippen LogP contribution in [0.3, 0.4) is 0 Å². The summed E-state index contributed by atoms with van der Waals surface area (Å²) in [7, 11) is -4.06. The maximum absolute atomic E-state index is 12.9. The van der Waals surface area contributed by atoms with Crippen LogP contribution in [0.4, 0.5) is 4.79 Å². The van der Waals surface area contributed by atoms with Crippen LogP contribution < -0.4 is 8.92 Å². The van der Waals surface area contributed by atoms with Gasteiger partial charge >= 0.3 is 10.1 Å². The fourth-order valence-corrected chi connectivity index (χ4v) is 5.15. The zero-order valence-corrected chi connectivity index (χ0v) is 20.8. The lowest BCUT2D eigenvalue weighted by Crippen LogP contribution is -2.27. The van der Waals surface area contributed by atoms with E-state index >= 15 is 0 Å². The molecule has 0 saturated carbocycles. The van der Waals surface area contributed by atoms with Gasteiger partial charge < -0.3 is 8.92 Å². The molecular weight excluding hydrogens is 486 g/mol. The predicted octanol–water partition coefficient (Wildman–Crippen LogP) is 5.40. The quantitative estimate of drug-likeness (QED) is 0.297. The van der Waals surface area contributed by atoms with Crippen LogP contribution >= 0.6 is 11.8 Å². The average molecular weight is 510 g/mol. The van der Waals surface area contributed by atoms with Crippen LogP contribution in [0.15, 0.2) is 82.6 Å². The average Bonchev–Trinajstić information content (AvgIpc) is 3.09. The van der Waals surface area contributed by atoms with Gasteiger partial charge in [-0.2, -0.15) is 8.42 Å². The molecule has 0 N–H and O–H groups in total. The van der Waals surface area contributed by atoms with Crippen LogP contribution in [0.5, 0.6) is 11.5 Å². The third kappa shape index (κ3) is 5.75. The maximum atomic E-state index is 12.9. The van der Waals surface area contributed by atoms with Crippen molar-refractivity contribution < 1.29 is 26.9 Å². The first-order valence-electron chi connectivity index (χ1n) is 10.8. The van der Waals surface area contributed by atoms with E-state index in [9.17, 15) is 18.0 Å². The van der Waals surface area contributed by atoms with E-state index < -0.39 is 10.1 Å². The first kappa shape index (κ1) is 24.6. The number of ether oxygens (including phenoxy) is 1. The van der Waals surface area contributed by atoms with Crippen LogP contribution in [0.1, 0.15) is 23.6 Å². The number of benzene rings is 3. The molecule has 0 unspecified atom stereocenters. The Labute approximate surface area is 208 Å². The highest BCUT2D eigenvalue weighted by molar-refractivity contribution is 8.18. The number of amides is 2. The fraction of sp³-hybridized carbons (Fsp3) is 0.154. The first-order valence-corrected chi connectivity index (χ1v) is 13.1. The van der Waals surface area contributed by atoms with E-state index in [0.717, 1.165) is 22.9 Å². The van der Waals surface area contributed by atoms with Gasteiger partial charge in [-0.15, -0.1) is 0 Å². The molecule has 0 atom stereocenters. The summed E-state index contributed by atoms with van der Waals surface area (Å²) in [5, 5.41) is -0.348. The van der Waals surface area contributed by atoms with E-state index in [1.807, 2.05) is 37.3 Å². The van der Waals surface area contributed by atoms with E-state index in [1.54, 1.807) is 37.3 Å². The molecule has 3 aromatic rings. The lowest BCUT2D eigenvalue weighted by Gasteiger charge is -2.13. The van der Waals surface area contributed by atoms with Crippen LogP contribution in [0.2, 0.25) is 0 Å². The Morgan fingerprint density at radius 1 is 0.943 bits per heavy atom. The number of thioether (sulfide) groups is 1. The fourth-order valence-electron chi connectivity index (χ4n) is 3.38. The second-order valence-electron chi connectivity index (χ2n) is 7.74. The van der Waals surface area contributed by atoms with Crippen LogP contribution in [0, 0.1) is 6.92 Å². The van der Waals surface area contributed by atoms with Crippen molar-refractivity contribution in [2.24, 2.45) is 0 Å². The second-order valence-corrected chi connectivity index (χ2v) is 10.3. The van der Waals surface area contributed by atoms with Crippen molar-refractivity contribution in [3.05, 3.63) is 94.4 Å². The Morgan fingerprint density at radius 2 is 1.66 bits per heavy atom. The van der Waals surface area contributed by atoms with Crippen molar-refractivity contribution in [1.29, 1.82) is 0 Å². The molecule has 0 bridgehead atoms. The minimum absolute atomic E-state index is 0.0294. The highest BCUT2D eigenvalue weighted by Gasteiger charge is 2.35. The van der Waals surface area contributed by atoms with E-state index in [2.05, 4.69) is 0 Å². The molecule has 3 aromatic carbocycles. The molecule has 7 nitrogen and oxygen atoms in total. The molecule has 1 fully saturated rings. The lowest BCUT2D eigenvalue weighted by atomic mass is 10.1. The summed E-state index contributed by atoms with van der Waals surface area (Å²) in [6.07, 6.45) is 1.58. The molecule has 1 saturated heterocycles. The molecule has 180 valence electrons. The summed E-state index contributed by atoms with van der Waals surface area (Å²) in [5.41, 5.74) is 2.35. The highest BCUT2D eigenvalue weighted by Crippen LogP contribution is 2.36. The van der Waals surface area contributed by atoms with Crippen molar-refractivity contribution >= 4 is 39.1 Å². The van der Waals surface area contributed by atoms with E-state index in [-0.39, 0.29) is 45.6 Å². The van der Waals surface area contributed by atoms with Crippen molar-refractivity contribution in [3.8, 4) is 11.5 Å². The van der Waals surface area contributed by atoms with Gasteiger partial charge in [0, 0.05) is 0 Å². The number of imide groups is 1. The number of nitrogens with zero attached hydrogens (tertiary/aromatic N) is 1. The smallest absolute Gasteiger partial charge is 0.339 e. The van der Waals surface area contributed by atoms with Crippen LogP contribution in [-0.2, 0) is 21.5 Å². The first-order chi connectivity index (χ1) is 16.8. The zero-order valence-electron chi connectivity index (χ0n) is 19.1. The molecule has 1 aliphatic heterocycles. The molecular formula is C26H23NO6S2. The Bertz CT molecular complexity index is 1380. The minimum Gasteiger partial charge on any atom is -0.490 e. The monoisotopic (exact) mass is 509 g/mol. The highest BCUT2D eigenvalue weighted by atomic mass is 32.2. The summed E-state index contributed by atoms with van der Waals surface area (Å²) >= 11 is 0.858. The molecule has 2 amide bonds. The van der Waals surface area contributed by atoms with Crippen LogP contribution in [0.25, 0.3) is 6.08 Å². The Balaban J connectivity index is 1.57. The molecule has 0 spiro atoms. The van der Waals surface area contributed by atoms with Gasteiger partial charge in [-0.1, -0.05) is 54.1 Å². The van der Waals surface area contributed by atoms with Gasteiger partial charge in [0.25, 0.3) is 11.1 Å². The van der Waals surface area contributed by atoms with Crippen molar-refractivity contribution in [2.45, 2.75) is 25.3 Å². The summed E-state index contributed by atoms with van der Waals surface area (Å²) in [6, 6.07) is 20.3. The topological polar surface area (TPSA) is 90.0 Å². The number of rotatable bonds is 8. The zero-order chi connectivity index (χ0) is 25.0. The molecule has 1 aliphatic rings. The van der Waals surface area contributed by atoms with Crippen molar-refractivity contribution in [2.75, 3.05) is 6.61 Å². The summed E-state index contributed by atoms with van der Waals surface area (Å²) in [4.78, 5) is 26.8. The standard InChI is InChI=1S/C26H23NO6S2/c1-3-32-23-15-20(11-14-22(23)33-35(30,31)21-12-9-18(2)10-13-21)16-24-25(28)27(26(29)34-24)17-19-7-5-4-6-8-19/h4-16H,3,17H2,1-2H3/b24-16-. The van der Waals surface area contributed by atoms with Gasteiger partial charge in [0.15, 0.2) is 11.5 Å². The normalized spacial score (nSPS) is 15.0. The molecule has 9 heteroatoms. The van der Waals surface area contributed by atoms with E-state index in [1.165, 1.54) is 23.1 Å². The number of carbonyl (C=O) groups is 2. The Hall–Kier alpha value is -3.56. The number of hydrogen-bond donors (Lipinski definition) is 0. The molecule has 1 heterocycles. The molecule has 35 heavy (non-hydrogen) atoms. The predicted molar refractivity (Wildman–Crippen MR) is 135 cm³/mol. The number of carbonyl (C=O) groups excluding carboxylic acids is 2. The van der Waals surface area contributed by atoms with E-state index in [0.29, 0.717) is 5.56 Å². The third-order valence-electron chi connectivity index (χ3n) is 5.13. The van der Waals surface area contributed by atoms with Crippen molar-refractivity contribution in [1.82, 2.24) is 4.90 Å². The minimum atomic E-state index is -4.06. The second kappa shape index (κ2) is 10.4. The number of hydrogen-bond acceptors (Lipinski definition) is 7. The Morgan fingerprint density at radius 3 is 2.34 bits per heavy atom. The van der Waals surface area contributed by atoms with E-state index in [4.69, 9.17) is 8.92 Å². The maximum Gasteiger partial charge on any atom is 0.339 e. The van der Waals surface area contributed by atoms with Crippen LogP contribution in [-0.4, -0.2) is 31.1 Å². The van der Waals surface area contributed by atoms with Gasteiger partial charge in [0.05, 0.1) is 18.1 Å².